The Hall–Kier alpha value is -1.89. The van der Waals surface area contributed by atoms with Gasteiger partial charge in [0.05, 0.1) is 5.56 Å². The summed E-state index contributed by atoms with van der Waals surface area (Å²) in [6, 6.07) is 15.0. The fourth-order valence-electron chi connectivity index (χ4n) is 2.84. The molecule has 4 nitrogen and oxygen atoms in total. The van der Waals surface area contributed by atoms with E-state index in [-0.39, 0.29) is 18.6 Å². The third kappa shape index (κ3) is 3.39. The fraction of sp³-hybridized carbons (Fsp3) is 0.222. The SMILES string of the molecule is CC1Cc2ccccc2N1C(=O)COC(=O)c1cccc(I)c1. The summed E-state index contributed by atoms with van der Waals surface area (Å²) in [7, 11) is 0. The van der Waals surface area contributed by atoms with Gasteiger partial charge in [-0.25, -0.2) is 4.79 Å². The lowest BCUT2D eigenvalue weighted by atomic mass is 10.1. The molecule has 3 rings (SSSR count). The fourth-order valence-corrected chi connectivity index (χ4v) is 3.38. The van der Waals surface area contributed by atoms with Gasteiger partial charge >= 0.3 is 5.97 Å². The third-order valence-electron chi connectivity index (χ3n) is 3.86. The number of amides is 1. The van der Waals surface area contributed by atoms with E-state index in [0.717, 1.165) is 21.2 Å². The Morgan fingerprint density at radius 1 is 1.22 bits per heavy atom. The predicted octanol–water partition coefficient (Wildman–Crippen LogP) is 3.43. The van der Waals surface area contributed by atoms with Gasteiger partial charge in [0, 0.05) is 15.3 Å². The van der Waals surface area contributed by atoms with E-state index in [2.05, 4.69) is 22.6 Å². The summed E-state index contributed by atoms with van der Waals surface area (Å²) < 4.78 is 6.14. The minimum Gasteiger partial charge on any atom is -0.452 e. The van der Waals surface area contributed by atoms with E-state index in [9.17, 15) is 9.59 Å². The summed E-state index contributed by atoms with van der Waals surface area (Å²) in [5.74, 6) is -0.668. The number of hydrogen-bond acceptors (Lipinski definition) is 3. The Morgan fingerprint density at radius 3 is 2.78 bits per heavy atom. The molecule has 118 valence electrons. The van der Waals surface area contributed by atoms with Crippen molar-refractivity contribution < 1.29 is 14.3 Å². The average molecular weight is 421 g/mol. The van der Waals surface area contributed by atoms with Crippen LogP contribution >= 0.6 is 22.6 Å². The maximum absolute atomic E-state index is 12.5. The van der Waals surface area contributed by atoms with Gasteiger partial charge in [0.2, 0.25) is 0 Å². The zero-order chi connectivity index (χ0) is 16.4. The van der Waals surface area contributed by atoms with Crippen molar-refractivity contribution in [1.29, 1.82) is 0 Å². The summed E-state index contributed by atoms with van der Waals surface area (Å²) in [6.07, 6.45) is 0.826. The number of carbonyl (C=O) groups is 2. The highest BCUT2D eigenvalue weighted by Crippen LogP contribution is 2.31. The number of fused-ring (bicyclic) bond motifs is 1. The minimum absolute atomic E-state index is 0.0799. The molecule has 0 bridgehead atoms. The molecule has 0 saturated carbocycles. The topological polar surface area (TPSA) is 46.6 Å². The van der Waals surface area contributed by atoms with Crippen molar-refractivity contribution in [2.24, 2.45) is 0 Å². The maximum atomic E-state index is 12.5. The molecule has 1 amide bonds. The largest absolute Gasteiger partial charge is 0.452 e. The van der Waals surface area contributed by atoms with Crippen LogP contribution < -0.4 is 4.90 Å². The number of carbonyl (C=O) groups excluding carboxylic acids is 2. The van der Waals surface area contributed by atoms with E-state index in [0.29, 0.717) is 5.56 Å². The van der Waals surface area contributed by atoms with Crippen LogP contribution in [0.4, 0.5) is 5.69 Å². The first kappa shape index (κ1) is 16.0. The predicted molar refractivity (Wildman–Crippen MR) is 96.5 cm³/mol. The molecular formula is C18H16INO3. The summed E-state index contributed by atoms with van der Waals surface area (Å²) in [4.78, 5) is 26.2. The second kappa shape index (κ2) is 6.70. The number of benzene rings is 2. The van der Waals surface area contributed by atoms with Gasteiger partial charge in [0.15, 0.2) is 6.61 Å². The van der Waals surface area contributed by atoms with Crippen LogP contribution in [-0.4, -0.2) is 24.5 Å². The van der Waals surface area contributed by atoms with Crippen molar-refractivity contribution >= 4 is 40.2 Å². The average Bonchev–Trinajstić information content (AvgIpc) is 2.88. The van der Waals surface area contributed by atoms with Crippen molar-refractivity contribution in [3.8, 4) is 0 Å². The molecule has 1 heterocycles. The summed E-state index contributed by atoms with van der Waals surface area (Å²) in [6.45, 7) is 1.75. The highest BCUT2D eigenvalue weighted by Gasteiger charge is 2.30. The van der Waals surface area contributed by atoms with Crippen molar-refractivity contribution in [1.82, 2.24) is 0 Å². The summed E-state index contributed by atoms with van der Waals surface area (Å²) in [5, 5.41) is 0. The number of rotatable bonds is 3. The maximum Gasteiger partial charge on any atom is 0.338 e. The molecule has 0 aliphatic carbocycles. The monoisotopic (exact) mass is 421 g/mol. The van der Waals surface area contributed by atoms with Gasteiger partial charge in [0.1, 0.15) is 0 Å². The lowest BCUT2D eigenvalue weighted by Crippen LogP contribution is -2.38. The second-order valence-corrected chi connectivity index (χ2v) is 6.78. The van der Waals surface area contributed by atoms with Crippen LogP contribution in [0.5, 0.6) is 0 Å². The molecule has 0 aromatic heterocycles. The molecule has 1 aliphatic heterocycles. The van der Waals surface area contributed by atoms with Crippen LogP contribution in [0.25, 0.3) is 0 Å². The van der Waals surface area contributed by atoms with Crippen LogP contribution in [0.3, 0.4) is 0 Å². The Bertz CT molecular complexity index is 759. The van der Waals surface area contributed by atoms with E-state index in [4.69, 9.17) is 4.74 Å². The van der Waals surface area contributed by atoms with E-state index in [1.54, 1.807) is 23.1 Å². The summed E-state index contributed by atoms with van der Waals surface area (Å²) in [5.41, 5.74) is 2.52. The van der Waals surface area contributed by atoms with Crippen LogP contribution in [0.2, 0.25) is 0 Å². The number of esters is 1. The molecule has 0 radical (unpaired) electrons. The Labute approximate surface area is 148 Å². The van der Waals surface area contributed by atoms with Crippen molar-refractivity contribution in [3.05, 3.63) is 63.2 Å². The lowest BCUT2D eigenvalue weighted by Gasteiger charge is -2.22. The van der Waals surface area contributed by atoms with E-state index >= 15 is 0 Å². The van der Waals surface area contributed by atoms with Crippen molar-refractivity contribution in [3.63, 3.8) is 0 Å². The van der Waals surface area contributed by atoms with Crippen molar-refractivity contribution in [2.75, 3.05) is 11.5 Å². The normalized spacial score (nSPS) is 16.1. The van der Waals surface area contributed by atoms with Gasteiger partial charge < -0.3 is 9.64 Å². The smallest absolute Gasteiger partial charge is 0.338 e. The first-order chi connectivity index (χ1) is 11.1. The molecule has 0 N–H and O–H groups in total. The van der Waals surface area contributed by atoms with E-state index in [1.807, 2.05) is 37.3 Å². The molecular weight excluding hydrogens is 405 g/mol. The molecule has 2 aromatic rings. The Morgan fingerprint density at radius 2 is 2.00 bits per heavy atom. The molecule has 1 unspecified atom stereocenters. The molecule has 23 heavy (non-hydrogen) atoms. The van der Waals surface area contributed by atoms with E-state index < -0.39 is 5.97 Å². The third-order valence-corrected chi connectivity index (χ3v) is 4.53. The molecule has 1 atom stereocenters. The standard InChI is InChI=1S/C18H16INO3/c1-12-9-13-5-2-3-8-16(13)20(12)17(21)11-23-18(22)14-6-4-7-15(19)10-14/h2-8,10,12H,9,11H2,1H3. The van der Waals surface area contributed by atoms with Gasteiger partial charge in [-0.05, 0) is 65.8 Å². The van der Waals surface area contributed by atoms with Gasteiger partial charge in [-0.15, -0.1) is 0 Å². The zero-order valence-corrected chi connectivity index (χ0v) is 14.8. The molecule has 0 spiro atoms. The Balaban J connectivity index is 1.67. The van der Waals surface area contributed by atoms with Crippen LogP contribution in [0.1, 0.15) is 22.8 Å². The van der Waals surface area contributed by atoms with Crippen LogP contribution in [0, 0.1) is 3.57 Å². The van der Waals surface area contributed by atoms with Crippen molar-refractivity contribution in [2.45, 2.75) is 19.4 Å². The number of ether oxygens (including phenoxy) is 1. The summed E-state index contributed by atoms with van der Waals surface area (Å²) >= 11 is 2.13. The lowest BCUT2D eigenvalue weighted by molar-refractivity contribution is -0.122. The molecule has 2 aromatic carbocycles. The molecule has 0 fully saturated rings. The number of hydrogen-bond donors (Lipinski definition) is 0. The molecule has 0 saturated heterocycles. The number of para-hydroxylation sites is 1. The second-order valence-electron chi connectivity index (χ2n) is 5.53. The van der Waals surface area contributed by atoms with Crippen LogP contribution in [0.15, 0.2) is 48.5 Å². The van der Waals surface area contributed by atoms with Gasteiger partial charge in [-0.1, -0.05) is 24.3 Å². The zero-order valence-electron chi connectivity index (χ0n) is 12.7. The minimum atomic E-state index is -0.475. The van der Waals surface area contributed by atoms with Crippen LogP contribution in [-0.2, 0) is 16.0 Å². The molecule has 1 aliphatic rings. The first-order valence-corrected chi connectivity index (χ1v) is 8.47. The number of halogens is 1. The Kier molecular flexibility index (Phi) is 4.66. The van der Waals surface area contributed by atoms with E-state index in [1.165, 1.54) is 0 Å². The highest BCUT2D eigenvalue weighted by atomic mass is 127. The quantitative estimate of drug-likeness (QED) is 0.564. The highest BCUT2D eigenvalue weighted by molar-refractivity contribution is 14.1. The number of nitrogens with zero attached hydrogens (tertiary/aromatic N) is 1. The van der Waals surface area contributed by atoms with Gasteiger partial charge in [-0.2, -0.15) is 0 Å². The first-order valence-electron chi connectivity index (χ1n) is 7.39. The molecule has 5 heteroatoms. The van der Waals surface area contributed by atoms with Gasteiger partial charge in [0.25, 0.3) is 5.91 Å². The number of anilines is 1. The van der Waals surface area contributed by atoms with Gasteiger partial charge in [-0.3, -0.25) is 4.79 Å².